The van der Waals surface area contributed by atoms with Crippen LogP contribution < -0.4 is 10.6 Å². The molecule has 4 aromatic carbocycles. The number of pyridine rings is 2. The molecule has 2 heterocycles. The van der Waals surface area contributed by atoms with Crippen LogP contribution in [0.25, 0.3) is 55.4 Å². The van der Waals surface area contributed by atoms with Gasteiger partial charge >= 0.3 is 0 Å². The molecule has 2 aromatic heterocycles. The predicted octanol–water partition coefficient (Wildman–Crippen LogP) is 7.62. The molecule has 0 bridgehead atoms. The van der Waals surface area contributed by atoms with Crippen LogP contribution in [0.15, 0.2) is 135 Å². The van der Waals surface area contributed by atoms with Gasteiger partial charge in [-0.15, -0.1) is 13.2 Å². The number of nitrogens with one attached hydrogen (secondary N) is 2. The van der Waals surface area contributed by atoms with E-state index in [9.17, 15) is 9.59 Å². The summed E-state index contributed by atoms with van der Waals surface area (Å²) in [6.45, 7) is 8.15. The summed E-state index contributed by atoms with van der Waals surface area (Å²) in [7, 11) is 0. The van der Waals surface area contributed by atoms with Gasteiger partial charge in [0.1, 0.15) is 0 Å². The molecule has 0 aliphatic carbocycles. The Bertz CT molecular complexity index is 1890. The standard InChI is InChI=1S/C38H30N4O2/c1-3-19-39-37(43)31-23-35(25-11-7-5-8-12-25)41-33-17-15-27(21-29(31)33)28-16-18-34-30(22-28)32(38(44)40-20-4-2)24-36(42-34)26-13-9-6-10-14-26/h3-18,21-24H,1-2,19-20H2,(H,39,43)(H,40,44). The summed E-state index contributed by atoms with van der Waals surface area (Å²) in [6.07, 6.45) is 3.31. The smallest absolute Gasteiger partial charge is 0.252 e. The first-order chi connectivity index (χ1) is 21.6. The summed E-state index contributed by atoms with van der Waals surface area (Å²) in [6, 6.07) is 35.0. The van der Waals surface area contributed by atoms with Gasteiger partial charge in [0, 0.05) is 35.0 Å². The average molecular weight is 575 g/mol. The Hall–Kier alpha value is -5.88. The number of hydrogen-bond acceptors (Lipinski definition) is 4. The predicted molar refractivity (Wildman–Crippen MR) is 178 cm³/mol. The van der Waals surface area contributed by atoms with Crippen molar-refractivity contribution < 1.29 is 9.59 Å². The second kappa shape index (κ2) is 12.5. The van der Waals surface area contributed by atoms with E-state index in [4.69, 9.17) is 9.97 Å². The third kappa shape index (κ3) is 5.74. The second-order valence-electron chi connectivity index (χ2n) is 10.3. The largest absolute Gasteiger partial charge is 0.349 e. The maximum atomic E-state index is 13.3. The first-order valence-electron chi connectivity index (χ1n) is 14.3. The lowest BCUT2D eigenvalue weighted by atomic mass is 9.96. The Balaban J connectivity index is 1.49. The van der Waals surface area contributed by atoms with Gasteiger partial charge in [-0.3, -0.25) is 9.59 Å². The maximum absolute atomic E-state index is 13.3. The monoisotopic (exact) mass is 574 g/mol. The highest BCUT2D eigenvalue weighted by Gasteiger charge is 2.17. The Morgan fingerprint density at radius 1 is 0.545 bits per heavy atom. The highest BCUT2D eigenvalue weighted by molar-refractivity contribution is 6.10. The molecule has 0 unspecified atom stereocenters. The fourth-order valence-electron chi connectivity index (χ4n) is 5.22. The van der Waals surface area contributed by atoms with Crippen molar-refractivity contribution in [3.8, 4) is 33.6 Å². The molecule has 0 aliphatic rings. The van der Waals surface area contributed by atoms with Crippen LogP contribution in [0.4, 0.5) is 0 Å². The van der Waals surface area contributed by atoms with Crippen LogP contribution >= 0.6 is 0 Å². The minimum atomic E-state index is -0.205. The number of amides is 2. The third-order valence-electron chi connectivity index (χ3n) is 7.39. The molecule has 214 valence electrons. The molecule has 0 saturated heterocycles. The zero-order valence-corrected chi connectivity index (χ0v) is 24.1. The van der Waals surface area contributed by atoms with Gasteiger partial charge < -0.3 is 10.6 Å². The summed E-state index contributed by atoms with van der Waals surface area (Å²) in [5.74, 6) is -0.409. The normalized spacial score (nSPS) is 10.8. The quantitative estimate of drug-likeness (QED) is 0.174. The van der Waals surface area contributed by atoms with Crippen molar-refractivity contribution in [3.05, 3.63) is 146 Å². The van der Waals surface area contributed by atoms with Crippen molar-refractivity contribution in [2.24, 2.45) is 0 Å². The number of carbonyl (C=O) groups excluding carboxylic acids is 2. The van der Waals surface area contributed by atoms with Crippen LogP contribution in [0.2, 0.25) is 0 Å². The number of rotatable bonds is 9. The van der Waals surface area contributed by atoms with E-state index in [2.05, 4.69) is 23.8 Å². The summed E-state index contributed by atoms with van der Waals surface area (Å²) in [5, 5.41) is 7.28. The lowest BCUT2D eigenvalue weighted by Gasteiger charge is -2.13. The number of fused-ring (bicyclic) bond motifs is 2. The van der Waals surface area contributed by atoms with Gasteiger partial charge in [-0.2, -0.15) is 0 Å². The number of carbonyl (C=O) groups is 2. The zero-order valence-electron chi connectivity index (χ0n) is 24.1. The van der Waals surface area contributed by atoms with Gasteiger partial charge in [0.05, 0.1) is 33.5 Å². The Morgan fingerprint density at radius 3 is 1.34 bits per heavy atom. The van der Waals surface area contributed by atoms with E-state index in [0.717, 1.165) is 44.4 Å². The highest BCUT2D eigenvalue weighted by Crippen LogP contribution is 2.32. The molecule has 0 spiro atoms. The number of hydrogen-bond donors (Lipinski definition) is 2. The Labute approximate surface area is 255 Å². The van der Waals surface area contributed by atoms with E-state index in [1.165, 1.54) is 0 Å². The van der Waals surface area contributed by atoms with Crippen LogP contribution in [0, 0.1) is 0 Å². The van der Waals surface area contributed by atoms with Crippen molar-refractivity contribution in [2.45, 2.75) is 0 Å². The first kappa shape index (κ1) is 28.2. The van der Waals surface area contributed by atoms with E-state index in [-0.39, 0.29) is 11.8 Å². The SMILES string of the molecule is C=CCNC(=O)c1cc(-c2ccccc2)nc2ccc(-c3ccc4nc(-c5ccccc5)cc(C(=O)NCC=C)c4c3)cc12. The molecule has 44 heavy (non-hydrogen) atoms. The van der Waals surface area contributed by atoms with Crippen molar-refractivity contribution >= 4 is 33.6 Å². The molecule has 0 fully saturated rings. The van der Waals surface area contributed by atoms with Crippen molar-refractivity contribution in [1.82, 2.24) is 20.6 Å². The first-order valence-corrected chi connectivity index (χ1v) is 14.3. The molecule has 2 amide bonds. The number of nitrogens with zero attached hydrogens (tertiary/aromatic N) is 2. The highest BCUT2D eigenvalue weighted by atomic mass is 16.2. The van der Waals surface area contributed by atoms with Crippen LogP contribution in [-0.2, 0) is 0 Å². The molecule has 6 nitrogen and oxygen atoms in total. The van der Waals surface area contributed by atoms with Crippen LogP contribution in [0.5, 0.6) is 0 Å². The van der Waals surface area contributed by atoms with Crippen molar-refractivity contribution in [2.75, 3.05) is 13.1 Å². The van der Waals surface area contributed by atoms with Crippen LogP contribution in [0.3, 0.4) is 0 Å². The Kier molecular flexibility index (Phi) is 8.06. The summed E-state index contributed by atoms with van der Waals surface area (Å²) < 4.78 is 0. The lowest BCUT2D eigenvalue weighted by Crippen LogP contribution is -2.23. The fraction of sp³-hybridized carbons (Fsp3) is 0.0526. The number of aromatic nitrogens is 2. The summed E-state index contributed by atoms with van der Waals surface area (Å²) in [4.78, 5) is 36.4. The molecule has 2 N–H and O–H groups in total. The number of benzene rings is 4. The zero-order chi connectivity index (χ0) is 30.5. The van der Waals surface area contributed by atoms with E-state index in [1.807, 2.05) is 109 Å². The lowest BCUT2D eigenvalue weighted by molar-refractivity contribution is 0.0951. The van der Waals surface area contributed by atoms with Gasteiger partial charge in [-0.05, 0) is 47.5 Å². The van der Waals surface area contributed by atoms with E-state index in [1.54, 1.807) is 12.2 Å². The Morgan fingerprint density at radius 2 is 0.955 bits per heavy atom. The third-order valence-corrected chi connectivity index (χ3v) is 7.39. The molecular formula is C38H30N4O2. The molecular weight excluding hydrogens is 544 g/mol. The van der Waals surface area contributed by atoms with Crippen LogP contribution in [-0.4, -0.2) is 34.9 Å². The van der Waals surface area contributed by atoms with Crippen molar-refractivity contribution in [3.63, 3.8) is 0 Å². The van der Waals surface area contributed by atoms with Gasteiger partial charge in [-0.1, -0.05) is 84.9 Å². The molecule has 6 rings (SSSR count). The second-order valence-corrected chi connectivity index (χ2v) is 10.3. The molecule has 0 aliphatic heterocycles. The molecule has 0 radical (unpaired) electrons. The van der Waals surface area contributed by atoms with E-state index in [0.29, 0.717) is 35.2 Å². The molecule has 6 aromatic rings. The van der Waals surface area contributed by atoms with Crippen molar-refractivity contribution in [1.29, 1.82) is 0 Å². The van der Waals surface area contributed by atoms with Crippen LogP contribution in [0.1, 0.15) is 20.7 Å². The topological polar surface area (TPSA) is 84.0 Å². The van der Waals surface area contributed by atoms with E-state index < -0.39 is 0 Å². The summed E-state index contributed by atoms with van der Waals surface area (Å²) in [5.41, 5.74) is 7.52. The molecule has 0 saturated carbocycles. The minimum absolute atomic E-state index is 0.205. The van der Waals surface area contributed by atoms with Gasteiger partial charge in [-0.25, -0.2) is 9.97 Å². The molecule has 0 atom stereocenters. The van der Waals surface area contributed by atoms with Gasteiger partial charge in [0.2, 0.25) is 0 Å². The van der Waals surface area contributed by atoms with E-state index >= 15 is 0 Å². The maximum Gasteiger partial charge on any atom is 0.252 e. The van der Waals surface area contributed by atoms with Gasteiger partial charge in [0.25, 0.3) is 11.8 Å². The minimum Gasteiger partial charge on any atom is -0.349 e. The van der Waals surface area contributed by atoms with Gasteiger partial charge in [0.15, 0.2) is 0 Å². The molecule has 6 heteroatoms. The fourth-order valence-corrected chi connectivity index (χ4v) is 5.22. The summed E-state index contributed by atoms with van der Waals surface area (Å²) >= 11 is 0. The average Bonchev–Trinajstić information content (AvgIpc) is 3.08.